The van der Waals surface area contributed by atoms with Crippen LogP contribution < -0.4 is 15.0 Å². The molecule has 0 saturated carbocycles. The van der Waals surface area contributed by atoms with Crippen LogP contribution in [0.1, 0.15) is 25.7 Å². The van der Waals surface area contributed by atoms with Gasteiger partial charge in [0.25, 0.3) is 0 Å². The molecule has 0 radical (unpaired) electrons. The van der Waals surface area contributed by atoms with Gasteiger partial charge in [0.15, 0.2) is 0 Å². The Morgan fingerprint density at radius 2 is 1.85 bits per heavy atom. The van der Waals surface area contributed by atoms with Gasteiger partial charge in [0.05, 0.1) is 13.2 Å². The predicted octanol–water partition coefficient (Wildman–Crippen LogP) is 4.10. The minimum Gasteiger partial charge on any atom is -0.497 e. The fraction of sp³-hybridized carbons (Fsp3) is 0.478. The minimum absolute atomic E-state index is 0.437. The predicted molar refractivity (Wildman–Crippen MR) is 111 cm³/mol. The second-order valence-electron chi connectivity index (χ2n) is 7.58. The number of rotatable bonds is 6. The Hall–Kier alpha value is -2.04. The van der Waals surface area contributed by atoms with Crippen LogP contribution in [0, 0.1) is 0 Å². The molecule has 0 bridgehead atoms. The van der Waals surface area contributed by atoms with Crippen molar-refractivity contribution < 1.29 is 9.47 Å². The summed E-state index contributed by atoms with van der Waals surface area (Å²) in [5.74, 6) is 0.897. The highest BCUT2D eigenvalue weighted by atomic mass is 16.5. The lowest BCUT2D eigenvalue weighted by atomic mass is 10.0. The topological polar surface area (TPSA) is 33.7 Å². The van der Waals surface area contributed by atoms with Crippen LogP contribution in [0.15, 0.2) is 48.5 Å². The summed E-state index contributed by atoms with van der Waals surface area (Å²) in [6.07, 6.45) is 5.27. The van der Waals surface area contributed by atoms with Crippen molar-refractivity contribution in [3.63, 3.8) is 0 Å². The summed E-state index contributed by atoms with van der Waals surface area (Å²) < 4.78 is 11.1. The number of benzene rings is 2. The molecule has 2 heterocycles. The largest absolute Gasteiger partial charge is 0.497 e. The number of methoxy groups -OCH3 is 1. The van der Waals surface area contributed by atoms with Crippen molar-refractivity contribution >= 4 is 5.69 Å². The van der Waals surface area contributed by atoms with E-state index < -0.39 is 0 Å². The molecule has 0 spiro atoms. The molecule has 0 aliphatic carbocycles. The van der Waals surface area contributed by atoms with Crippen LogP contribution in [-0.4, -0.2) is 45.5 Å². The first-order valence-corrected chi connectivity index (χ1v) is 10.2. The molecule has 2 aromatic carbocycles. The average Bonchev–Trinajstić information content (AvgIpc) is 3.26. The molecule has 1 N–H and O–H groups in total. The average molecular weight is 367 g/mol. The number of hydrogen-bond acceptors (Lipinski definition) is 4. The zero-order chi connectivity index (χ0) is 18.5. The van der Waals surface area contributed by atoms with E-state index in [0.717, 1.165) is 32.0 Å². The van der Waals surface area contributed by atoms with E-state index in [2.05, 4.69) is 46.6 Å². The van der Waals surface area contributed by atoms with Gasteiger partial charge in [-0.25, -0.2) is 0 Å². The maximum Gasteiger partial charge on any atom is 0.119 e. The molecule has 4 rings (SSSR count). The van der Waals surface area contributed by atoms with Gasteiger partial charge in [-0.05, 0) is 61.1 Å². The van der Waals surface area contributed by atoms with Gasteiger partial charge in [0.1, 0.15) is 5.75 Å². The van der Waals surface area contributed by atoms with Gasteiger partial charge in [0.2, 0.25) is 0 Å². The number of ether oxygens (including phenoxy) is 2. The van der Waals surface area contributed by atoms with E-state index in [9.17, 15) is 0 Å². The number of hydrogen-bond donors (Lipinski definition) is 1. The Morgan fingerprint density at radius 3 is 2.56 bits per heavy atom. The van der Waals surface area contributed by atoms with Crippen molar-refractivity contribution in [2.24, 2.45) is 0 Å². The van der Waals surface area contributed by atoms with Crippen molar-refractivity contribution in [2.45, 2.75) is 37.8 Å². The van der Waals surface area contributed by atoms with Crippen LogP contribution in [0.4, 0.5) is 5.69 Å². The third-order valence-electron chi connectivity index (χ3n) is 5.79. The SMILES string of the molecule is COc1cccc(-c2ccc(N3CCC(NC[C@H]4CCCO4)CC3)cc2)c1. The van der Waals surface area contributed by atoms with Crippen LogP contribution in [-0.2, 0) is 4.74 Å². The fourth-order valence-electron chi connectivity index (χ4n) is 4.11. The molecule has 0 aromatic heterocycles. The van der Waals surface area contributed by atoms with Crippen LogP contribution in [0.2, 0.25) is 0 Å². The third kappa shape index (κ3) is 4.63. The monoisotopic (exact) mass is 366 g/mol. The summed E-state index contributed by atoms with van der Waals surface area (Å²) >= 11 is 0. The first-order chi connectivity index (χ1) is 13.3. The van der Waals surface area contributed by atoms with Gasteiger partial charge in [0, 0.05) is 38.0 Å². The molecule has 0 unspecified atom stereocenters. The van der Waals surface area contributed by atoms with E-state index in [1.165, 1.54) is 42.5 Å². The quantitative estimate of drug-likeness (QED) is 0.835. The number of piperidine rings is 1. The first kappa shape index (κ1) is 18.3. The summed E-state index contributed by atoms with van der Waals surface area (Å²) in [7, 11) is 1.71. The lowest BCUT2D eigenvalue weighted by molar-refractivity contribution is 0.106. The Morgan fingerprint density at radius 1 is 1.04 bits per heavy atom. The molecule has 144 valence electrons. The Bertz CT molecular complexity index is 717. The van der Waals surface area contributed by atoms with E-state index in [1.807, 2.05) is 12.1 Å². The minimum atomic E-state index is 0.437. The molecule has 2 saturated heterocycles. The highest BCUT2D eigenvalue weighted by Gasteiger charge is 2.21. The molecular formula is C23H30N2O2. The molecule has 2 fully saturated rings. The van der Waals surface area contributed by atoms with Gasteiger partial charge in [-0.2, -0.15) is 0 Å². The molecule has 4 heteroatoms. The van der Waals surface area contributed by atoms with Crippen LogP contribution >= 0.6 is 0 Å². The van der Waals surface area contributed by atoms with Crippen molar-refractivity contribution in [1.29, 1.82) is 0 Å². The third-order valence-corrected chi connectivity index (χ3v) is 5.79. The van der Waals surface area contributed by atoms with Crippen molar-refractivity contribution in [3.8, 4) is 16.9 Å². The summed E-state index contributed by atoms with van der Waals surface area (Å²) in [4.78, 5) is 2.50. The first-order valence-electron chi connectivity index (χ1n) is 10.2. The molecule has 27 heavy (non-hydrogen) atoms. The molecule has 2 aliphatic rings. The summed E-state index contributed by atoms with van der Waals surface area (Å²) in [6, 6.07) is 17.8. The molecule has 0 amide bonds. The zero-order valence-electron chi connectivity index (χ0n) is 16.2. The van der Waals surface area contributed by atoms with Gasteiger partial charge >= 0.3 is 0 Å². The summed E-state index contributed by atoms with van der Waals surface area (Å²) in [5.41, 5.74) is 3.74. The lowest BCUT2D eigenvalue weighted by Crippen LogP contribution is -2.44. The van der Waals surface area contributed by atoms with Gasteiger partial charge in [-0.15, -0.1) is 0 Å². The normalized spacial score (nSPS) is 20.8. The highest BCUT2D eigenvalue weighted by molar-refractivity contribution is 5.67. The maximum absolute atomic E-state index is 5.72. The smallest absolute Gasteiger partial charge is 0.119 e. The molecular weight excluding hydrogens is 336 g/mol. The van der Waals surface area contributed by atoms with Crippen LogP contribution in [0.5, 0.6) is 5.75 Å². The van der Waals surface area contributed by atoms with Crippen molar-refractivity contribution in [3.05, 3.63) is 48.5 Å². The van der Waals surface area contributed by atoms with E-state index >= 15 is 0 Å². The Kier molecular flexibility index (Phi) is 5.95. The van der Waals surface area contributed by atoms with Crippen molar-refractivity contribution in [1.82, 2.24) is 5.32 Å². The second kappa shape index (κ2) is 8.77. The molecule has 2 aliphatic heterocycles. The Balaban J connectivity index is 1.30. The van der Waals surface area contributed by atoms with E-state index in [4.69, 9.17) is 9.47 Å². The van der Waals surface area contributed by atoms with Crippen molar-refractivity contribution in [2.75, 3.05) is 38.3 Å². The number of anilines is 1. The van der Waals surface area contributed by atoms with Gasteiger partial charge < -0.3 is 19.7 Å². The van der Waals surface area contributed by atoms with E-state index in [-0.39, 0.29) is 0 Å². The van der Waals surface area contributed by atoms with E-state index in [1.54, 1.807) is 7.11 Å². The summed E-state index contributed by atoms with van der Waals surface area (Å²) in [6.45, 7) is 4.18. The van der Waals surface area contributed by atoms with E-state index in [0.29, 0.717) is 12.1 Å². The zero-order valence-corrected chi connectivity index (χ0v) is 16.2. The number of nitrogens with zero attached hydrogens (tertiary/aromatic N) is 1. The molecule has 4 nitrogen and oxygen atoms in total. The Labute approximate surface area is 162 Å². The summed E-state index contributed by atoms with van der Waals surface area (Å²) in [5, 5.41) is 3.71. The number of nitrogens with one attached hydrogen (secondary N) is 1. The van der Waals surface area contributed by atoms with Gasteiger partial charge in [-0.1, -0.05) is 24.3 Å². The molecule has 2 aromatic rings. The van der Waals surface area contributed by atoms with Gasteiger partial charge in [-0.3, -0.25) is 0 Å². The highest BCUT2D eigenvalue weighted by Crippen LogP contribution is 2.27. The van der Waals surface area contributed by atoms with Crippen LogP contribution in [0.25, 0.3) is 11.1 Å². The lowest BCUT2D eigenvalue weighted by Gasteiger charge is -2.34. The molecule has 1 atom stereocenters. The maximum atomic E-state index is 5.72. The fourth-order valence-corrected chi connectivity index (χ4v) is 4.11. The van der Waals surface area contributed by atoms with Crippen LogP contribution in [0.3, 0.4) is 0 Å². The second-order valence-corrected chi connectivity index (χ2v) is 7.58. The standard InChI is InChI=1S/C23H30N2O2/c1-26-22-5-2-4-19(16-22)18-7-9-21(10-8-18)25-13-11-20(12-14-25)24-17-23-6-3-15-27-23/h2,4-5,7-10,16,20,23-24H,3,6,11-15,17H2,1H3/t23-/m1/s1.